The van der Waals surface area contributed by atoms with Crippen LogP contribution < -0.4 is 14.4 Å². The molecule has 3 rings (SSSR count). The maximum atomic E-state index is 6.66. The van der Waals surface area contributed by atoms with Gasteiger partial charge in [-0.3, -0.25) is 0 Å². The van der Waals surface area contributed by atoms with Gasteiger partial charge in [-0.15, -0.1) is 0 Å². The van der Waals surface area contributed by atoms with Gasteiger partial charge >= 0.3 is 6.49 Å². The fraction of sp³-hybridized carbons (Fsp3) is 0.500. The summed E-state index contributed by atoms with van der Waals surface area (Å²) < 4.78 is 13.3. The van der Waals surface area contributed by atoms with E-state index in [1.165, 1.54) is 133 Å². The van der Waals surface area contributed by atoms with E-state index < -0.39 is 6.49 Å². The maximum absolute atomic E-state index is 6.66. The lowest BCUT2D eigenvalue weighted by Crippen LogP contribution is -2.14. The van der Waals surface area contributed by atoms with Gasteiger partial charge in [-0.25, -0.2) is 0 Å². The highest BCUT2D eigenvalue weighted by Crippen LogP contribution is 2.48. The van der Waals surface area contributed by atoms with Crippen LogP contribution in [0.2, 0.25) is 0 Å². The first-order valence-corrected chi connectivity index (χ1v) is 23.4. The first kappa shape index (κ1) is 43.5. The van der Waals surface area contributed by atoms with E-state index in [-0.39, 0.29) is 0 Å². The second-order valence-corrected chi connectivity index (χ2v) is 17.5. The Labute approximate surface area is 324 Å². The van der Waals surface area contributed by atoms with Crippen LogP contribution in [-0.2, 0) is 24.6 Å². The van der Waals surface area contributed by atoms with Gasteiger partial charge in [0, 0.05) is 0 Å². The summed E-state index contributed by atoms with van der Waals surface area (Å²) >= 11 is 6.27. The molecule has 2 nitrogen and oxygen atoms in total. The molecule has 0 aliphatic rings. The Bertz CT molecular complexity index is 1460. The Morgan fingerprint density at radius 2 is 0.923 bits per heavy atom. The molecule has 3 aromatic carbocycles. The highest BCUT2D eigenvalue weighted by molar-refractivity contribution is 8.13. The van der Waals surface area contributed by atoms with Crippen LogP contribution in [-0.4, -0.2) is 0 Å². The van der Waals surface area contributed by atoms with Crippen molar-refractivity contribution in [3.8, 4) is 11.5 Å². The minimum absolute atomic E-state index is 0.791. The summed E-state index contributed by atoms with van der Waals surface area (Å²) in [6, 6.07) is 27.1. The lowest BCUT2D eigenvalue weighted by atomic mass is 10.0. The molecule has 0 N–H and O–H groups in total. The number of hydrogen-bond donors (Lipinski definition) is 0. The van der Waals surface area contributed by atoms with Crippen molar-refractivity contribution in [1.29, 1.82) is 0 Å². The second kappa shape index (κ2) is 28.6. The summed E-state index contributed by atoms with van der Waals surface area (Å²) in [6.07, 6.45) is 41.4. The zero-order valence-corrected chi connectivity index (χ0v) is 34.4. The molecule has 0 radical (unpaired) electrons. The molecule has 0 bridgehead atoms. The van der Waals surface area contributed by atoms with Crippen molar-refractivity contribution in [2.75, 3.05) is 0 Å². The topological polar surface area (TPSA) is 18.5 Å². The Hall–Kier alpha value is -2.87. The molecule has 0 aliphatic carbocycles. The number of benzene rings is 3. The summed E-state index contributed by atoms with van der Waals surface area (Å²) in [5.41, 5.74) is 2.59. The first-order chi connectivity index (χ1) is 25.6. The van der Waals surface area contributed by atoms with E-state index in [1.807, 2.05) is 42.5 Å². The van der Waals surface area contributed by atoms with Crippen LogP contribution in [0.3, 0.4) is 0 Å². The molecule has 0 aromatic heterocycles. The molecule has 0 fully saturated rings. The number of allylic oxidation sites excluding steroid dienone is 6. The number of rotatable bonds is 30. The van der Waals surface area contributed by atoms with Crippen molar-refractivity contribution in [2.45, 2.75) is 155 Å². The van der Waals surface area contributed by atoms with E-state index >= 15 is 0 Å². The molecule has 0 saturated heterocycles. The third-order valence-corrected chi connectivity index (χ3v) is 12.4. The molecule has 0 saturated carbocycles. The van der Waals surface area contributed by atoms with Gasteiger partial charge in [-0.05, 0) is 136 Å². The lowest BCUT2D eigenvalue weighted by molar-refractivity contribution is 0.497. The third-order valence-electron chi connectivity index (χ3n) is 9.44. The van der Waals surface area contributed by atoms with E-state index in [0.717, 1.165) is 36.1 Å². The summed E-state index contributed by atoms with van der Waals surface area (Å²) in [4.78, 5) is 0. The molecule has 0 aliphatic heterocycles. The second-order valence-electron chi connectivity index (χ2n) is 14.2. The summed E-state index contributed by atoms with van der Waals surface area (Å²) in [5.74, 6) is 1.58. The van der Waals surface area contributed by atoms with Crippen LogP contribution in [0.1, 0.15) is 153 Å². The molecule has 1 unspecified atom stereocenters. The highest BCUT2D eigenvalue weighted by Gasteiger charge is 2.26. The molecule has 0 amide bonds. The standard InChI is InChI=1S/C48H69O2PS/c1-3-5-7-9-11-13-15-17-19-21-23-25-28-34-44-36-32-38-46(42-44)49-51(52,48-40-30-27-31-41-48)50-47-39-33-37-45(43-47)35-29-26-24-22-20-18-16-14-12-10-8-6-4-2/h7,9,13-16,27,30-33,36-43H,3-6,8,10-12,17-26,28-29,34-35H2,1-2H3/b9-7+,15-13+,16-14+. The molecule has 4 heteroatoms. The van der Waals surface area contributed by atoms with E-state index in [0.29, 0.717) is 0 Å². The molecule has 0 spiro atoms. The van der Waals surface area contributed by atoms with Gasteiger partial charge in [0.1, 0.15) is 11.5 Å². The van der Waals surface area contributed by atoms with Gasteiger partial charge in [-0.1, -0.05) is 157 Å². The van der Waals surface area contributed by atoms with Crippen LogP contribution >= 0.6 is 6.49 Å². The smallest absolute Gasteiger partial charge is 0.319 e. The van der Waals surface area contributed by atoms with Crippen LogP contribution in [0.5, 0.6) is 11.5 Å². The van der Waals surface area contributed by atoms with Gasteiger partial charge < -0.3 is 9.05 Å². The number of aryl methyl sites for hydroxylation is 2. The fourth-order valence-electron chi connectivity index (χ4n) is 6.37. The number of unbranched alkanes of at least 4 members (excludes halogenated alkanes) is 15. The van der Waals surface area contributed by atoms with Crippen molar-refractivity contribution < 1.29 is 9.05 Å². The minimum atomic E-state index is -2.86. The largest absolute Gasteiger partial charge is 0.432 e. The monoisotopic (exact) mass is 740 g/mol. The number of hydrogen-bond acceptors (Lipinski definition) is 3. The van der Waals surface area contributed by atoms with Crippen LogP contribution in [0, 0.1) is 0 Å². The summed E-state index contributed by atoms with van der Waals surface area (Å²) in [7, 11) is 0. The molecule has 3 aromatic rings. The molecule has 284 valence electrons. The van der Waals surface area contributed by atoms with Crippen molar-refractivity contribution >= 4 is 23.6 Å². The van der Waals surface area contributed by atoms with Gasteiger partial charge in [-0.2, -0.15) is 0 Å². The maximum Gasteiger partial charge on any atom is 0.319 e. The Balaban J connectivity index is 1.43. The van der Waals surface area contributed by atoms with Crippen LogP contribution in [0.25, 0.3) is 0 Å². The Morgan fingerprint density at radius 1 is 0.462 bits per heavy atom. The predicted molar refractivity (Wildman–Crippen MR) is 233 cm³/mol. The zero-order valence-electron chi connectivity index (χ0n) is 32.7. The quantitative estimate of drug-likeness (QED) is 0.0385. The predicted octanol–water partition coefficient (Wildman–Crippen LogP) is 15.4. The van der Waals surface area contributed by atoms with E-state index in [9.17, 15) is 0 Å². The van der Waals surface area contributed by atoms with Gasteiger partial charge in [0.05, 0.1) is 5.30 Å². The zero-order chi connectivity index (χ0) is 36.8. The molecule has 0 heterocycles. The Morgan fingerprint density at radius 3 is 1.44 bits per heavy atom. The van der Waals surface area contributed by atoms with Crippen LogP contribution in [0.15, 0.2) is 115 Å². The average molecular weight is 741 g/mol. The van der Waals surface area contributed by atoms with Crippen LogP contribution in [0.4, 0.5) is 0 Å². The van der Waals surface area contributed by atoms with Crippen molar-refractivity contribution in [2.24, 2.45) is 0 Å². The summed E-state index contributed by atoms with van der Waals surface area (Å²) in [6.45, 7) is 1.64. The highest BCUT2D eigenvalue weighted by atomic mass is 32.5. The third kappa shape index (κ3) is 19.8. The normalized spacial score (nSPS) is 13.0. The van der Waals surface area contributed by atoms with Gasteiger partial charge in [0.2, 0.25) is 0 Å². The SMILES string of the molecule is CCC/C=C/C/C=C/CCCCCCCc1cccc(OP(=S)(Oc2cccc(CCCCCCC/C=C/CCCCCC)c2)c2ccccc2)c1. The first-order valence-electron chi connectivity index (χ1n) is 20.8. The fourth-order valence-corrected chi connectivity index (χ4v) is 8.82. The van der Waals surface area contributed by atoms with E-state index in [2.05, 4.69) is 86.7 Å². The lowest BCUT2D eigenvalue weighted by Gasteiger charge is -2.24. The Kier molecular flexibility index (Phi) is 24.0. The average Bonchev–Trinajstić information content (AvgIpc) is 3.16. The molecular formula is C48H69O2PS. The molecular weight excluding hydrogens is 672 g/mol. The van der Waals surface area contributed by atoms with E-state index in [4.69, 9.17) is 20.9 Å². The van der Waals surface area contributed by atoms with E-state index in [1.54, 1.807) is 0 Å². The summed E-state index contributed by atoms with van der Waals surface area (Å²) in [5, 5.41) is 0.926. The van der Waals surface area contributed by atoms with Crippen molar-refractivity contribution in [1.82, 2.24) is 0 Å². The molecule has 1 atom stereocenters. The van der Waals surface area contributed by atoms with Crippen molar-refractivity contribution in [3.05, 3.63) is 126 Å². The van der Waals surface area contributed by atoms with Gasteiger partial charge in [0.15, 0.2) is 0 Å². The minimum Gasteiger partial charge on any atom is -0.432 e. The molecule has 52 heavy (non-hydrogen) atoms. The van der Waals surface area contributed by atoms with Crippen molar-refractivity contribution in [3.63, 3.8) is 0 Å². The van der Waals surface area contributed by atoms with Gasteiger partial charge in [0.25, 0.3) is 0 Å².